The second kappa shape index (κ2) is 16.0. The summed E-state index contributed by atoms with van der Waals surface area (Å²) in [5.41, 5.74) is 16.9. The third kappa shape index (κ3) is 6.03. The molecule has 0 radical (unpaired) electrons. The molecule has 2 aromatic heterocycles. The number of aromatic nitrogens is 2. The van der Waals surface area contributed by atoms with E-state index in [2.05, 4.69) is 276 Å². The first-order valence-corrected chi connectivity index (χ1v) is 24.9. The van der Waals surface area contributed by atoms with Crippen molar-refractivity contribution < 1.29 is 0 Å². The molecule has 72 heavy (non-hydrogen) atoms. The summed E-state index contributed by atoms with van der Waals surface area (Å²) in [7, 11) is 0. The van der Waals surface area contributed by atoms with Gasteiger partial charge in [-0.1, -0.05) is 224 Å². The van der Waals surface area contributed by atoms with E-state index in [1.54, 1.807) is 0 Å². The fraction of sp³-hybridized carbons (Fsp3) is 0. The van der Waals surface area contributed by atoms with Crippen molar-refractivity contribution >= 4 is 86.7 Å². The van der Waals surface area contributed by atoms with Gasteiger partial charge in [-0.2, -0.15) is 0 Å². The lowest BCUT2D eigenvalue weighted by molar-refractivity contribution is 1.19. The first-order chi connectivity index (χ1) is 35.8. The first-order valence-electron chi connectivity index (χ1n) is 24.9. The Balaban J connectivity index is 1.02. The van der Waals surface area contributed by atoms with Crippen LogP contribution in [0.4, 0.5) is 0 Å². The zero-order chi connectivity index (χ0) is 47.3. The van der Waals surface area contributed by atoms with Crippen LogP contribution in [0.3, 0.4) is 0 Å². The number of nitrogens with zero attached hydrogens (tertiary/aromatic N) is 2. The van der Waals surface area contributed by atoms with Gasteiger partial charge in [-0.15, -0.1) is 0 Å². The van der Waals surface area contributed by atoms with E-state index in [4.69, 9.17) is 0 Å². The lowest BCUT2D eigenvalue weighted by Gasteiger charge is -2.19. The van der Waals surface area contributed by atoms with Gasteiger partial charge in [0.25, 0.3) is 0 Å². The van der Waals surface area contributed by atoms with Crippen LogP contribution in [0, 0.1) is 0 Å². The van der Waals surface area contributed by atoms with Crippen molar-refractivity contribution in [3.8, 4) is 55.9 Å². The summed E-state index contributed by atoms with van der Waals surface area (Å²) in [5, 5.41) is 14.9. The quantitative estimate of drug-likeness (QED) is 0.147. The molecule has 13 aromatic carbocycles. The lowest BCUT2D eigenvalue weighted by Crippen LogP contribution is -1.95. The zero-order valence-corrected chi connectivity index (χ0v) is 39.3. The predicted molar refractivity (Wildman–Crippen MR) is 307 cm³/mol. The van der Waals surface area contributed by atoms with E-state index in [1.807, 2.05) is 0 Å². The summed E-state index contributed by atoms with van der Waals surface area (Å²) in [6.45, 7) is 0. The van der Waals surface area contributed by atoms with E-state index in [1.165, 1.54) is 131 Å². The molecule has 0 unspecified atom stereocenters. The van der Waals surface area contributed by atoms with Crippen LogP contribution >= 0.6 is 0 Å². The molecule has 15 aromatic rings. The summed E-state index contributed by atoms with van der Waals surface area (Å²) in [6, 6.07) is 98.7. The maximum Gasteiger partial charge on any atom is 0.0619 e. The van der Waals surface area contributed by atoms with E-state index in [9.17, 15) is 0 Å². The highest BCUT2D eigenvalue weighted by Crippen LogP contribution is 2.47. The molecule has 0 saturated carbocycles. The Labute approximate surface area is 416 Å². The smallest absolute Gasteiger partial charge is 0.0619 e. The maximum atomic E-state index is 2.49. The molecule has 2 nitrogen and oxygen atoms in total. The van der Waals surface area contributed by atoms with Gasteiger partial charge in [0.05, 0.1) is 22.1 Å². The normalized spacial score (nSPS) is 11.9. The van der Waals surface area contributed by atoms with Crippen LogP contribution in [-0.2, 0) is 0 Å². The minimum Gasteiger partial charge on any atom is -0.309 e. The Morgan fingerprint density at radius 1 is 0.194 bits per heavy atom. The molecule has 0 bridgehead atoms. The van der Waals surface area contributed by atoms with E-state index in [0.29, 0.717) is 0 Å². The second-order valence-electron chi connectivity index (χ2n) is 19.1. The van der Waals surface area contributed by atoms with E-state index < -0.39 is 0 Å². The highest BCUT2D eigenvalue weighted by atomic mass is 15.0. The molecule has 0 atom stereocenters. The van der Waals surface area contributed by atoms with Gasteiger partial charge < -0.3 is 9.13 Å². The molecule has 15 rings (SSSR count). The Kier molecular flexibility index (Phi) is 8.99. The van der Waals surface area contributed by atoms with Gasteiger partial charge in [0.15, 0.2) is 0 Å². The van der Waals surface area contributed by atoms with Gasteiger partial charge >= 0.3 is 0 Å². The third-order valence-corrected chi connectivity index (χ3v) is 15.3. The molecular formula is C70H44N2. The number of hydrogen-bond acceptors (Lipinski definition) is 0. The predicted octanol–water partition coefficient (Wildman–Crippen LogP) is 19.2. The Hall–Kier alpha value is -9.50. The highest BCUT2D eigenvalue weighted by molar-refractivity contribution is 6.25. The average molecular weight is 913 g/mol. The van der Waals surface area contributed by atoms with Gasteiger partial charge in [-0.05, 0) is 119 Å². The number of rotatable bonds is 6. The van der Waals surface area contributed by atoms with Crippen LogP contribution < -0.4 is 0 Å². The van der Waals surface area contributed by atoms with Crippen molar-refractivity contribution in [3.63, 3.8) is 0 Å². The summed E-state index contributed by atoms with van der Waals surface area (Å²) in [4.78, 5) is 0. The van der Waals surface area contributed by atoms with E-state index in [0.717, 1.165) is 11.4 Å². The van der Waals surface area contributed by atoms with Gasteiger partial charge in [0.1, 0.15) is 0 Å². The molecule has 0 saturated heterocycles. The van der Waals surface area contributed by atoms with Crippen LogP contribution in [-0.4, -0.2) is 9.13 Å². The Morgan fingerprint density at radius 2 is 0.528 bits per heavy atom. The second-order valence-corrected chi connectivity index (χ2v) is 19.1. The molecule has 0 fully saturated rings. The molecule has 0 aliphatic rings. The molecule has 334 valence electrons. The fourth-order valence-electron chi connectivity index (χ4n) is 12.2. The molecule has 0 N–H and O–H groups in total. The largest absolute Gasteiger partial charge is 0.309 e. The third-order valence-electron chi connectivity index (χ3n) is 15.3. The van der Waals surface area contributed by atoms with Crippen LogP contribution in [0.2, 0.25) is 0 Å². The van der Waals surface area contributed by atoms with Crippen LogP contribution in [0.1, 0.15) is 0 Å². The summed E-state index contributed by atoms with van der Waals surface area (Å²) >= 11 is 0. The number of hydrogen-bond donors (Lipinski definition) is 0. The van der Waals surface area contributed by atoms with Crippen LogP contribution in [0.5, 0.6) is 0 Å². The number of benzene rings is 13. The minimum atomic E-state index is 1.16. The molecule has 2 heteroatoms. The first kappa shape index (κ1) is 40.4. The highest BCUT2D eigenvalue weighted by Gasteiger charge is 2.22. The van der Waals surface area contributed by atoms with Gasteiger partial charge in [-0.3, -0.25) is 0 Å². The van der Waals surface area contributed by atoms with Gasteiger partial charge in [-0.25, -0.2) is 0 Å². The lowest BCUT2D eigenvalue weighted by atomic mass is 9.84. The molecule has 0 aliphatic carbocycles. The summed E-state index contributed by atoms with van der Waals surface area (Å²) in [6.07, 6.45) is 0. The standard InChI is InChI=1S/C70H44N2/c1-4-18-45(19-5-1)46-36-38-47(39-37-46)68-58-30-14-28-52(50-26-16-32-60-54(50)40-42-62-56-24-10-12-34-66(56)71(69(60)62)48-20-6-2-7-21-48)64(58)44-65-53(29-15-31-59(65)68)51-27-17-33-61-55(51)41-43-63-57-25-11-13-35-67(57)72(70(61)63)49-22-8-3-9-23-49/h1-44H. The fourth-order valence-corrected chi connectivity index (χ4v) is 12.2. The van der Waals surface area contributed by atoms with Crippen molar-refractivity contribution in [2.75, 3.05) is 0 Å². The number of para-hydroxylation sites is 4. The zero-order valence-electron chi connectivity index (χ0n) is 39.3. The SMILES string of the molecule is c1ccc(-c2ccc(-c3c4cccc(-c5cccc6c5ccc5c7ccccc7n(-c7ccccc7)c65)c4cc4c(-c5cccc6c5ccc5c7ccccc7n(-c7ccccc7)c65)cccc34)cc2)cc1. The summed E-state index contributed by atoms with van der Waals surface area (Å²) < 4.78 is 4.91. The van der Waals surface area contributed by atoms with Crippen molar-refractivity contribution in [3.05, 3.63) is 267 Å². The minimum absolute atomic E-state index is 1.16. The van der Waals surface area contributed by atoms with Crippen LogP contribution in [0.15, 0.2) is 267 Å². The number of fused-ring (bicyclic) bond motifs is 12. The molecule has 0 amide bonds. The van der Waals surface area contributed by atoms with Crippen molar-refractivity contribution in [1.29, 1.82) is 0 Å². The van der Waals surface area contributed by atoms with Crippen molar-refractivity contribution in [2.45, 2.75) is 0 Å². The van der Waals surface area contributed by atoms with E-state index in [-0.39, 0.29) is 0 Å². The molecule has 2 heterocycles. The maximum absolute atomic E-state index is 2.49. The van der Waals surface area contributed by atoms with Crippen LogP contribution in [0.25, 0.3) is 143 Å². The monoisotopic (exact) mass is 912 g/mol. The topological polar surface area (TPSA) is 9.86 Å². The van der Waals surface area contributed by atoms with E-state index >= 15 is 0 Å². The summed E-state index contributed by atoms with van der Waals surface area (Å²) in [5.74, 6) is 0. The molecule has 0 aliphatic heterocycles. The molecule has 0 spiro atoms. The van der Waals surface area contributed by atoms with Crippen molar-refractivity contribution in [2.24, 2.45) is 0 Å². The van der Waals surface area contributed by atoms with Gasteiger partial charge in [0.2, 0.25) is 0 Å². The van der Waals surface area contributed by atoms with Gasteiger partial charge in [0, 0.05) is 43.7 Å². The Morgan fingerprint density at radius 3 is 1.00 bits per heavy atom. The Bertz CT molecular complexity index is 4380. The van der Waals surface area contributed by atoms with Crippen molar-refractivity contribution in [1.82, 2.24) is 9.13 Å². The molecular weight excluding hydrogens is 869 g/mol. The average Bonchev–Trinajstić information content (AvgIpc) is 3.99.